The molecule has 1 heterocycles. The molecule has 1 rings (SSSR count). The zero-order chi connectivity index (χ0) is 11.8. The molecule has 0 saturated carbocycles. The highest BCUT2D eigenvalue weighted by atomic mass is 79.9. The molecule has 0 N–H and O–H groups in total. The van der Waals surface area contributed by atoms with Gasteiger partial charge in [-0.05, 0) is 38.9 Å². The number of nitrogens with zero attached hydrogens (tertiary/aromatic N) is 2. The van der Waals surface area contributed by atoms with Crippen LogP contribution in [-0.2, 0) is 0 Å². The van der Waals surface area contributed by atoms with E-state index in [9.17, 15) is 0 Å². The van der Waals surface area contributed by atoms with Crippen LogP contribution in [0.1, 0.15) is 39.5 Å². The maximum absolute atomic E-state index is 3.58. The van der Waals surface area contributed by atoms with Gasteiger partial charge in [0, 0.05) is 24.5 Å². The van der Waals surface area contributed by atoms with Crippen molar-refractivity contribution in [2.24, 2.45) is 0 Å². The van der Waals surface area contributed by atoms with Gasteiger partial charge >= 0.3 is 0 Å². The number of halogens is 1. The summed E-state index contributed by atoms with van der Waals surface area (Å²) in [6.45, 7) is 10.7. The van der Waals surface area contributed by atoms with Gasteiger partial charge in [-0.15, -0.1) is 0 Å². The maximum atomic E-state index is 3.58. The van der Waals surface area contributed by atoms with E-state index >= 15 is 0 Å². The zero-order valence-electron chi connectivity index (χ0n) is 10.9. The highest BCUT2D eigenvalue weighted by Crippen LogP contribution is 2.19. The smallest absolute Gasteiger partial charge is 0.0112 e. The molecule has 1 atom stereocenters. The summed E-state index contributed by atoms with van der Waals surface area (Å²) < 4.78 is 0. The van der Waals surface area contributed by atoms with E-state index in [4.69, 9.17) is 0 Å². The van der Waals surface area contributed by atoms with E-state index in [-0.39, 0.29) is 0 Å². The molecule has 1 fully saturated rings. The normalized spacial score (nSPS) is 22.9. The van der Waals surface area contributed by atoms with Gasteiger partial charge in [0.2, 0.25) is 0 Å². The minimum absolute atomic E-state index is 0.837. The van der Waals surface area contributed by atoms with Crippen LogP contribution >= 0.6 is 15.9 Å². The van der Waals surface area contributed by atoms with Crippen LogP contribution in [0.2, 0.25) is 0 Å². The summed E-state index contributed by atoms with van der Waals surface area (Å²) in [5.41, 5.74) is 0. The molecule has 0 aromatic carbocycles. The predicted octanol–water partition coefficient (Wildman–Crippen LogP) is 2.97. The molecule has 0 amide bonds. The minimum atomic E-state index is 0.837. The Hall–Kier alpha value is 0.400. The first-order valence-electron chi connectivity index (χ1n) is 6.84. The number of likely N-dealkylation sites (N-methyl/N-ethyl adjacent to an activating group) is 1. The Morgan fingerprint density at radius 3 is 2.62 bits per heavy atom. The molecule has 1 aliphatic rings. The topological polar surface area (TPSA) is 6.48 Å². The van der Waals surface area contributed by atoms with Crippen LogP contribution in [0, 0.1) is 0 Å². The summed E-state index contributed by atoms with van der Waals surface area (Å²) >= 11 is 3.58. The number of rotatable bonds is 7. The molecular formula is C13H27BrN2. The number of likely N-dealkylation sites (tertiary alicyclic amines) is 1. The van der Waals surface area contributed by atoms with Gasteiger partial charge in [0.05, 0.1) is 0 Å². The third-order valence-electron chi connectivity index (χ3n) is 3.79. The molecule has 3 heteroatoms. The third-order valence-corrected chi connectivity index (χ3v) is 4.25. The molecule has 1 unspecified atom stereocenters. The average molecular weight is 291 g/mol. The van der Waals surface area contributed by atoms with Crippen molar-refractivity contribution in [3.63, 3.8) is 0 Å². The molecule has 0 aliphatic carbocycles. The number of piperidine rings is 1. The lowest BCUT2D eigenvalue weighted by molar-refractivity contribution is 0.126. The van der Waals surface area contributed by atoms with E-state index in [1.54, 1.807) is 0 Å². The summed E-state index contributed by atoms with van der Waals surface area (Å²) in [6, 6.07) is 0.837. The third kappa shape index (κ3) is 4.72. The van der Waals surface area contributed by atoms with Crippen molar-refractivity contribution >= 4 is 15.9 Å². The standard InChI is InChI=1S/C13H27BrN2/c1-3-15(4-2)11-12-16-10-6-5-7-13(16)8-9-14/h13H,3-12H2,1-2H3. The minimum Gasteiger partial charge on any atom is -0.303 e. The van der Waals surface area contributed by atoms with Crippen molar-refractivity contribution in [3.05, 3.63) is 0 Å². The van der Waals surface area contributed by atoms with Crippen molar-refractivity contribution in [2.45, 2.75) is 45.6 Å². The molecule has 0 aromatic rings. The molecule has 0 bridgehead atoms. The van der Waals surface area contributed by atoms with Crippen LogP contribution in [0.5, 0.6) is 0 Å². The number of hydrogen-bond acceptors (Lipinski definition) is 2. The van der Waals surface area contributed by atoms with Gasteiger partial charge in [0.1, 0.15) is 0 Å². The molecule has 0 spiro atoms. The van der Waals surface area contributed by atoms with Crippen molar-refractivity contribution in [2.75, 3.05) is 38.1 Å². The van der Waals surface area contributed by atoms with E-state index in [1.807, 2.05) is 0 Å². The lowest BCUT2D eigenvalue weighted by Gasteiger charge is -2.36. The first-order valence-corrected chi connectivity index (χ1v) is 7.96. The SMILES string of the molecule is CCN(CC)CCN1CCCCC1CCBr. The Kier molecular flexibility index (Phi) is 7.67. The Morgan fingerprint density at radius 1 is 1.25 bits per heavy atom. The van der Waals surface area contributed by atoms with Gasteiger partial charge in [0.15, 0.2) is 0 Å². The quantitative estimate of drug-likeness (QED) is 0.665. The average Bonchev–Trinajstić information content (AvgIpc) is 2.33. The molecule has 16 heavy (non-hydrogen) atoms. The van der Waals surface area contributed by atoms with Crippen LogP contribution in [0.4, 0.5) is 0 Å². The van der Waals surface area contributed by atoms with Gasteiger partial charge in [-0.25, -0.2) is 0 Å². The Balaban J connectivity index is 2.31. The summed E-state index contributed by atoms with van der Waals surface area (Å²) in [6.07, 6.45) is 5.55. The van der Waals surface area contributed by atoms with Crippen LogP contribution in [0.25, 0.3) is 0 Å². The van der Waals surface area contributed by atoms with E-state index in [0.717, 1.165) is 11.4 Å². The summed E-state index contributed by atoms with van der Waals surface area (Å²) in [4.78, 5) is 5.24. The molecule has 1 saturated heterocycles. The van der Waals surface area contributed by atoms with Crippen molar-refractivity contribution in [1.29, 1.82) is 0 Å². The van der Waals surface area contributed by atoms with Gasteiger partial charge in [-0.3, -0.25) is 4.90 Å². The van der Waals surface area contributed by atoms with Crippen molar-refractivity contribution < 1.29 is 0 Å². The van der Waals surface area contributed by atoms with E-state index in [2.05, 4.69) is 39.6 Å². The molecule has 0 aromatic heterocycles. The summed E-state index contributed by atoms with van der Waals surface area (Å²) in [7, 11) is 0. The van der Waals surface area contributed by atoms with E-state index < -0.39 is 0 Å². The Morgan fingerprint density at radius 2 is 2.00 bits per heavy atom. The van der Waals surface area contributed by atoms with Crippen LogP contribution in [0.3, 0.4) is 0 Å². The largest absolute Gasteiger partial charge is 0.303 e. The second-order valence-electron chi connectivity index (χ2n) is 4.69. The molecule has 96 valence electrons. The van der Waals surface area contributed by atoms with E-state index in [1.165, 1.54) is 58.4 Å². The van der Waals surface area contributed by atoms with Gasteiger partial charge in [0.25, 0.3) is 0 Å². The monoisotopic (exact) mass is 290 g/mol. The predicted molar refractivity (Wildman–Crippen MR) is 75.4 cm³/mol. The first kappa shape index (κ1) is 14.5. The molecule has 0 radical (unpaired) electrons. The fraction of sp³-hybridized carbons (Fsp3) is 1.00. The summed E-state index contributed by atoms with van der Waals surface area (Å²) in [5.74, 6) is 0. The van der Waals surface area contributed by atoms with Crippen LogP contribution in [-0.4, -0.2) is 53.9 Å². The Labute approximate surface area is 109 Å². The van der Waals surface area contributed by atoms with Crippen LogP contribution in [0.15, 0.2) is 0 Å². The lowest BCUT2D eigenvalue weighted by atomic mass is 10.00. The fourth-order valence-corrected chi connectivity index (χ4v) is 3.15. The van der Waals surface area contributed by atoms with Crippen LogP contribution < -0.4 is 0 Å². The van der Waals surface area contributed by atoms with Crippen molar-refractivity contribution in [1.82, 2.24) is 9.80 Å². The fourth-order valence-electron chi connectivity index (χ4n) is 2.62. The summed E-state index contributed by atoms with van der Waals surface area (Å²) in [5, 5.41) is 1.15. The molecular weight excluding hydrogens is 264 g/mol. The second-order valence-corrected chi connectivity index (χ2v) is 5.48. The number of hydrogen-bond donors (Lipinski definition) is 0. The zero-order valence-corrected chi connectivity index (χ0v) is 12.5. The van der Waals surface area contributed by atoms with Gasteiger partial charge < -0.3 is 4.90 Å². The van der Waals surface area contributed by atoms with Gasteiger partial charge in [-0.1, -0.05) is 36.2 Å². The first-order chi connectivity index (χ1) is 7.81. The van der Waals surface area contributed by atoms with Crippen molar-refractivity contribution in [3.8, 4) is 0 Å². The maximum Gasteiger partial charge on any atom is 0.0112 e. The number of alkyl halides is 1. The Bertz CT molecular complexity index is 169. The molecule has 2 nitrogen and oxygen atoms in total. The lowest BCUT2D eigenvalue weighted by Crippen LogP contribution is -2.44. The second kappa shape index (κ2) is 8.48. The molecule has 1 aliphatic heterocycles. The van der Waals surface area contributed by atoms with E-state index in [0.29, 0.717) is 0 Å². The highest BCUT2D eigenvalue weighted by Gasteiger charge is 2.21. The van der Waals surface area contributed by atoms with Gasteiger partial charge in [-0.2, -0.15) is 0 Å². The highest BCUT2D eigenvalue weighted by molar-refractivity contribution is 9.09.